The van der Waals surface area contributed by atoms with Crippen molar-refractivity contribution in [2.45, 2.75) is 64.5 Å². The van der Waals surface area contributed by atoms with Crippen LogP contribution in [0.3, 0.4) is 0 Å². The van der Waals surface area contributed by atoms with Gasteiger partial charge in [0.15, 0.2) is 0 Å². The molecule has 2 heteroatoms. The van der Waals surface area contributed by atoms with Gasteiger partial charge in [0.05, 0.1) is 0 Å². The lowest BCUT2D eigenvalue weighted by molar-refractivity contribution is 0.126. The van der Waals surface area contributed by atoms with Gasteiger partial charge in [-0.25, -0.2) is 0 Å². The van der Waals surface area contributed by atoms with Crippen LogP contribution in [0.4, 0.5) is 0 Å². The molecule has 2 saturated carbocycles. The van der Waals surface area contributed by atoms with Crippen LogP contribution in [0, 0.1) is 18.3 Å². The van der Waals surface area contributed by atoms with Crippen LogP contribution in [0.5, 0.6) is 5.75 Å². The van der Waals surface area contributed by atoms with Crippen LogP contribution in [-0.4, -0.2) is 18.7 Å². The predicted molar refractivity (Wildman–Crippen MR) is 85.8 cm³/mol. The first-order chi connectivity index (χ1) is 10.1. The van der Waals surface area contributed by atoms with Crippen LogP contribution >= 0.6 is 0 Å². The first-order valence-electron chi connectivity index (χ1n) is 8.62. The fourth-order valence-corrected chi connectivity index (χ4v) is 3.91. The summed E-state index contributed by atoms with van der Waals surface area (Å²) in [6.45, 7) is 5.83. The molecular formula is C19H27NO. The Hall–Kier alpha value is -1.02. The molecule has 0 amide bonds. The zero-order chi connectivity index (χ0) is 14.4. The fourth-order valence-electron chi connectivity index (χ4n) is 3.91. The highest BCUT2D eigenvalue weighted by molar-refractivity contribution is 5.40. The summed E-state index contributed by atoms with van der Waals surface area (Å²) >= 11 is 0. The Morgan fingerprint density at radius 1 is 1.24 bits per heavy atom. The minimum Gasteiger partial charge on any atom is -0.490 e. The van der Waals surface area contributed by atoms with Gasteiger partial charge in [0.25, 0.3) is 0 Å². The standard InChI is InChI=1S/C19H27NO/c1-13-3-8-18-14(9-13)10-17(21-18)11-19(2,15-4-5-15)12-20-16-6-7-16/h3,8-9,15-17,20H,4-7,10-12H2,1-2H3. The van der Waals surface area contributed by atoms with Gasteiger partial charge in [-0.1, -0.05) is 24.6 Å². The number of hydrogen-bond acceptors (Lipinski definition) is 2. The van der Waals surface area contributed by atoms with Crippen LogP contribution in [0.1, 0.15) is 50.2 Å². The lowest BCUT2D eigenvalue weighted by Gasteiger charge is -2.32. The Morgan fingerprint density at radius 2 is 2.05 bits per heavy atom. The summed E-state index contributed by atoms with van der Waals surface area (Å²) in [7, 11) is 0. The molecule has 21 heavy (non-hydrogen) atoms. The van der Waals surface area contributed by atoms with Gasteiger partial charge in [0.2, 0.25) is 0 Å². The minimum atomic E-state index is 0.383. The molecule has 1 aromatic carbocycles. The number of aryl methyl sites for hydroxylation is 1. The average Bonchev–Trinajstić information content (AvgIpc) is 3.34. The highest BCUT2D eigenvalue weighted by Gasteiger charge is 2.44. The number of nitrogens with one attached hydrogen (secondary N) is 1. The van der Waals surface area contributed by atoms with Crippen LogP contribution in [-0.2, 0) is 6.42 Å². The second-order valence-electron chi connectivity index (χ2n) is 7.84. The molecule has 0 saturated heterocycles. The Bertz CT molecular complexity index is 532. The van der Waals surface area contributed by atoms with E-state index >= 15 is 0 Å². The number of ether oxygens (including phenoxy) is 1. The van der Waals surface area contributed by atoms with Crippen molar-refractivity contribution in [3.05, 3.63) is 29.3 Å². The van der Waals surface area contributed by atoms with Gasteiger partial charge in [-0.05, 0) is 62.0 Å². The quantitative estimate of drug-likeness (QED) is 0.857. The lowest BCUT2D eigenvalue weighted by atomic mass is 9.78. The molecule has 0 aromatic heterocycles. The Balaban J connectivity index is 1.42. The predicted octanol–water partition coefficient (Wildman–Crippen LogP) is 3.86. The van der Waals surface area contributed by atoms with Crippen LogP contribution in [0.15, 0.2) is 18.2 Å². The maximum Gasteiger partial charge on any atom is 0.123 e. The topological polar surface area (TPSA) is 21.3 Å². The zero-order valence-electron chi connectivity index (χ0n) is 13.3. The summed E-state index contributed by atoms with van der Waals surface area (Å²) < 4.78 is 6.23. The third-order valence-corrected chi connectivity index (χ3v) is 5.59. The Morgan fingerprint density at radius 3 is 2.76 bits per heavy atom. The van der Waals surface area contributed by atoms with Crippen molar-refractivity contribution in [2.24, 2.45) is 11.3 Å². The van der Waals surface area contributed by atoms with Crippen molar-refractivity contribution < 1.29 is 4.74 Å². The van der Waals surface area contributed by atoms with Crippen molar-refractivity contribution >= 4 is 0 Å². The van der Waals surface area contributed by atoms with Gasteiger partial charge in [-0.15, -0.1) is 0 Å². The molecule has 1 aromatic rings. The van der Waals surface area contributed by atoms with E-state index in [2.05, 4.69) is 37.4 Å². The van der Waals surface area contributed by atoms with E-state index in [4.69, 9.17) is 4.74 Å². The van der Waals surface area contributed by atoms with Crippen molar-refractivity contribution in [1.29, 1.82) is 0 Å². The van der Waals surface area contributed by atoms with Crippen molar-refractivity contribution in [3.63, 3.8) is 0 Å². The van der Waals surface area contributed by atoms with Crippen molar-refractivity contribution in [2.75, 3.05) is 6.54 Å². The second kappa shape index (κ2) is 5.01. The molecule has 2 fully saturated rings. The largest absolute Gasteiger partial charge is 0.490 e. The summed E-state index contributed by atoms with van der Waals surface area (Å²) in [5.74, 6) is 2.04. The minimum absolute atomic E-state index is 0.383. The average molecular weight is 285 g/mol. The summed E-state index contributed by atoms with van der Waals surface area (Å²) in [5, 5.41) is 3.77. The third kappa shape index (κ3) is 2.96. The van der Waals surface area contributed by atoms with E-state index in [1.54, 1.807) is 0 Å². The van der Waals surface area contributed by atoms with E-state index in [0.29, 0.717) is 11.5 Å². The van der Waals surface area contributed by atoms with Gasteiger partial charge >= 0.3 is 0 Å². The molecule has 0 radical (unpaired) electrons. The normalized spacial score (nSPS) is 27.0. The molecule has 1 N–H and O–H groups in total. The molecule has 0 spiro atoms. The van der Waals surface area contributed by atoms with Gasteiger partial charge < -0.3 is 10.1 Å². The van der Waals surface area contributed by atoms with Gasteiger partial charge in [-0.2, -0.15) is 0 Å². The molecule has 2 aliphatic carbocycles. The molecule has 2 atom stereocenters. The van der Waals surface area contributed by atoms with E-state index in [-0.39, 0.29) is 0 Å². The maximum absolute atomic E-state index is 6.23. The van der Waals surface area contributed by atoms with Crippen LogP contribution in [0.25, 0.3) is 0 Å². The highest BCUT2D eigenvalue weighted by Crippen LogP contribution is 2.49. The molecular weight excluding hydrogens is 258 g/mol. The molecule has 1 aliphatic heterocycles. The first-order valence-corrected chi connectivity index (χ1v) is 8.62. The monoisotopic (exact) mass is 285 g/mol. The SMILES string of the molecule is Cc1ccc2c(c1)CC(CC(C)(CNC1CC1)C1CC1)O2. The zero-order valence-corrected chi connectivity index (χ0v) is 13.3. The fraction of sp³-hybridized carbons (Fsp3) is 0.684. The molecule has 1 heterocycles. The van der Waals surface area contributed by atoms with Gasteiger partial charge in [-0.3, -0.25) is 0 Å². The van der Waals surface area contributed by atoms with E-state index in [0.717, 1.165) is 24.1 Å². The van der Waals surface area contributed by atoms with E-state index in [1.165, 1.54) is 49.8 Å². The van der Waals surface area contributed by atoms with E-state index < -0.39 is 0 Å². The van der Waals surface area contributed by atoms with E-state index in [9.17, 15) is 0 Å². The van der Waals surface area contributed by atoms with Crippen LogP contribution in [0.2, 0.25) is 0 Å². The maximum atomic E-state index is 6.23. The summed E-state index contributed by atoms with van der Waals surface area (Å²) in [6, 6.07) is 7.43. The summed E-state index contributed by atoms with van der Waals surface area (Å²) in [6.07, 6.45) is 8.28. The van der Waals surface area contributed by atoms with Gasteiger partial charge in [0, 0.05) is 19.0 Å². The molecule has 114 valence electrons. The molecule has 3 aliphatic rings. The number of benzene rings is 1. The Labute approximate surface area is 128 Å². The first kappa shape index (κ1) is 13.6. The van der Waals surface area contributed by atoms with E-state index in [1.807, 2.05) is 0 Å². The second-order valence-corrected chi connectivity index (χ2v) is 7.84. The van der Waals surface area contributed by atoms with Crippen LogP contribution < -0.4 is 10.1 Å². The number of rotatable bonds is 6. The van der Waals surface area contributed by atoms with Crippen molar-refractivity contribution in [3.8, 4) is 5.75 Å². The number of fused-ring (bicyclic) bond motifs is 1. The molecule has 4 rings (SSSR count). The Kier molecular flexibility index (Phi) is 3.25. The third-order valence-electron chi connectivity index (χ3n) is 5.59. The summed E-state index contributed by atoms with van der Waals surface area (Å²) in [5.41, 5.74) is 3.18. The summed E-state index contributed by atoms with van der Waals surface area (Å²) in [4.78, 5) is 0. The van der Waals surface area contributed by atoms with Gasteiger partial charge in [0.1, 0.15) is 11.9 Å². The highest BCUT2D eigenvalue weighted by atomic mass is 16.5. The lowest BCUT2D eigenvalue weighted by Crippen LogP contribution is -2.38. The molecule has 0 bridgehead atoms. The molecule has 2 unspecified atom stereocenters. The van der Waals surface area contributed by atoms with Crippen molar-refractivity contribution in [1.82, 2.24) is 5.32 Å². The smallest absolute Gasteiger partial charge is 0.123 e. The number of hydrogen-bond donors (Lipinski definition) is 1. The molecule has 2 nitrogen and oxygen atoms in total.